The number of carboxylic acid groups (broad SMARTS) is 1. The van der Waals surface area contributed by atoms with Crippen molar-refractivity contribution in [2.75, 3.05) is 0 Å². The first kappa shape index (κ1) is 12.6. The first-order chi connectivity index (χ1) is 8.58. The van der Waals surface area contributed by atoms with Gasteiger partial charge in [-0.05, 0) is 11.4 Å². The lowest BCUT2D eigenvalue weighted by atomic mass is 10.2. The zero-order valence-corrected chi connectivity index (χ0v) is 9.82. The third-order valence-electron chi connectivity index (χ3n) is 2.22. The molecule has 0 saturated heterocycles. The first-order valence-corrected chi connectivity index (χ1v) is 5.85. The SMILES string of the molecule is O=C(O)c1cnc(Cc2cccs2)nc1C(F)F. The second kappa shape index (κ2) is 5.18. The highest BCUT2D eigenvalue weighted by atomic mass is 32.1. The summed E-state index contributed by atoms with van der Waals surface area (Å²) in [7, 11) is 0. The van der Waals surface area contributed by atoms with Crippen molar-refractivity contribution < 1.29 is 18.7 Å². The van der Waals surface area contributed by atoms with Crippen molar-refractivity contribution in [3.63, 3.8) is 0 Å². The topological polar surface area (TPSA) is 63.1 Å². The normalized spacial score (nSPS) is 10.8. The van der Waals surface area contributed by atoms with Gasteiger partial charge in [0.15, 0.2) is 0 Å². The lowest BCUT2D eigenvalue weighted by molar-refractivity contribution is 0.0681. The van der Waals surface area contributed by atoms with Crippen molar-refractivity contribution >= 4 is 17.3 Å². The first-order valence-electron chi connectivity index (χ1n) is 4.97. The van der Waals surface area contributed by atoms with Crippen molar-refractivity contribution in [2.45, 2.75) is 12.8 Å². The molecule has 0 aliphatic heterocycles. The van der Waals surface area contributed by atoms with Gasteiger partial charge in [-0.25, -0.2) is 23.5 Å². The maximum absolute atomic E-state index is 12.7. The number of carbonyl (C=O) groups is 1. The summed E-state index contributed by atoms with van der Waals surface area (Å²) in [6.07, 6.45) is -1.68. The standard InChI is InChI=1S/C11H8F2N2O2S/c12-10(13)9-7(11(16)17)5-14-8(15-9)4-6-2-1-3-18-6/h1-3,5,10H,4H2,(H,16,17). The van der Waals surface area contributed by atoms with Gasteiger partial charge in [0, 0.05) is 17.5 Å². The number of thiophene rings is 1. The summed E-state index contributed by atoms with van der Waals surface area (Å²) in [6, 6.07) is 3.67. The summed E-state index contributed by atoms with van der Waals surface area (Å²) in [6.45, 7) is 0. The highest BCUT2D eigenvalue weighted by Gasteiger charge is 2.21. The Morgan fingerprint density at radius 3 is 2.83 bits per heavy atom. The molecular formula is C11H8F2N2O2S. The zero-order valence-electron chi connectivity index (χ0n) is 9.01. The summed E-state index contributed by atoms with van der Waals surface area (Å²) >= 11 is 1.46. The van der Waals surface area contributed by atoms with Gasteiger partial charge >= 0.3 is 5.97 Å². The van der Waals surface area contributed by atoms with Crippen molar-refractivity contribution in [1.82, 2.24) is 9.97 Å². The number of hydrogen-bond donors (Lipinski definition) is 1. The van der Waals surface area contributed by atoms with E-state index in [1.807, 2.05) is 17.5 Å². The summed E-state index contributed by atoms with van der Waals surface area (Å²) in [5.74, 6) is -1.26. The molecule has 4 nitrogen and oxygen atoms in total. The highest BCUT2D eigenvalue weighted by Crippen LogP contribution is 2.21. The van der Waals surface area contributed by atoms with Gasteiger partial charge in [0.25, 0.3) is 6.43 Å². The molecule has 0 atom stereocenters. The van der Waals surface area contributed by atoms with E-state index in [0.717, 1.165) is 11.1 Å². The van der Waals surface area contributed by atoms with Gasteiger partial charge in [0.05, 0.1) is 0 Å². The fraction of sp³-hybridized carbons (Fsp3) is 0.182. The van der Waals surface area contributed by atoms with Gasteiger partial charge in [-0.1, -0.05) is 6.07 Å². The van der Waals surface area contributed by atoms with E-state index in [1.54, 1.807) is 0 Å². The van der Waals surface area contributed by atoms with Crippen LogP contribution in [0.4, 0.5) is 8.78 Å². The van der Waals surface area contributed by atoms with Crippen LogP contribution >= 0.6 is 11.3 Å². The molecule has 0 saturated carbocycles. The summed E-state index contributed by atoms with van der Waals surface area (Å²) in [5.41, 5.74) is -1.29. The molecule has 0 bridgehead atoms. The number of hydrogen-bond acceptors (Lipinski definition) is 4. The molecule has 2 aromatic heterocycles. The number of carboxylic acids is 1. The van der Waals surface area contributed by atoms with Gasteiger partial charge in [-0.15, -0.1) is 11.3 Å². The smallest absolute Gasteiger partial charge is 0.339 e. The van der Waals surface area contributed by atoms with Crippen molar-refractivity contribution in [3.8, 4) is 0 Å². The third-order valence-corrected chi connectivity index (χ3v) is 3.09. The average Bonchev–Trinajstić information content (AvgIpc) is 2.81. The van der Waals surface area contributed by atoms with E-state index >= 15 is 0 Å². The van der Waals surface area contributed by atoms with Gasteiger partial charge < -0.3 is 5.11 Å². The molecule has 0 amide bonds. The van der Waals surface area contributed by atoms with Crippen LogP contribution in [0.2, 0.25) is 0 Å². The Hall–Kier alpha value is -1.89. The van der Waals surface area contributed by atoms with Crippen molar-refractivity contribution in [2.24, 2.45) is 0 Å². The molecule has 2 rings (SSSR count). The fourth-order valence-corrected chi connectivity index (χ4v) is 2.12. The van der Waals surface area contributed by atoms with Crippen LogP contribution in [0.15, 0.2) is 23.7 Å². The minimum absolute atomic E-state index is 0.192. The molecule has 2 aromatic rings. The molecule has 0 radical (unpaired) electrons. The number of aromatic carboxylic acids is 1. The second-order valence-corrected chi connectivity index (χ2v) is 4.48. The van der Waals surface area contributed by atoms with E-state index < -0.39 is 23.7 Å². The van der Waals surface area contributed by atoms with Crippen molar-refractivity contribution in [1.29, 1.82) is 0 Å². The van der Waals surface area contributed by atoms with Crippen LogP contribution in [0.25, 0.3) is 0 Å². The lowest BCUT2D eigenvalue weighted by Crippen LogP contribution is -2.09. The molecule has 1 N–H and O–H groups in total. The van der Waals surface area contributed by atoms with Crippen LogP contribution in [0.1, 0.15) is 33.2 Å². The minimum Gasteiger partial charge on any atom is -0.478 e. The Morgan fingerprint density at radius 1 is 1.50 bits per heavy atom. The van der Waals surface area contributed by atoms with E-state index in [-0.39, 0.29) is 5.82 Å². The lowest BCUT2D eigenvalue weighted by Gasteiger charge is -2.05. The Morgan fingerprint density at radius 2 is 2.28 bits per heavy atom. The number of alkyl halides is 2. The van der Waals surface area contributed by atoms with E-state index in [0.29, 0.717) is 6.42 Å². The minimum atomic E-state index is -2.93. The molecular weight excluding hydrogens is 262 g/mol. The van der Waals surface area contributed by atoms with Crippen LogP contribution < -0.4 is 0 Å². The molecule has 2 heterocycles. The van der Waals surface area contributed by atoms with E-state index in [1.165, 1.54) is 11.3 Å². The Balaban J connectivity index is 2.34. The fourth-order valence-electron chi connectivity index (χ4n) is 1.42. The molecule has 18 heavy (non-hydrogen) atoms. The van der Waals surface area contributed by atoms with E-state index in [4.69, 9.17) is 5.11 Å². The van der Waals surface area contributed by atoms with E-state index in [9.17, 15) is 13.6 Å². The zero-order chi connectivity index (χ0) is 13.1. The Labute approximate surface area is 105 Å². The molecule has 7 heteroatoms. The summed E-state index contributed by atoms with van der Waals surface area (Å²) < 4.78 is 25.4. The number of halogens is 2. The molecule has 0 aromatic carbocycles. The second-order valence-electron chi connectivity index (χ2n) is 3.45. The highest BCUT2D eigenvalue weighted by molar-refractivity contribution is 7.09. The van der Waals surface area contributed by atoms with Crippen LogP contribution in [0.5, 0.6) is 0 Å². The van der Waals surface area contributed by atoms with Crippen LogP contribution in [-0.2, 0) is 6.42 Å². The maximum atomic E-state index is 12.7. The quantitative estimate of drug-likeness (QED) is 0.927. The predicted octanol–water partition coefficient (Wildman–Crippen LogP) is 2.76. The monoisotopic (exact) mass is 270 g/mol. The summed E-state index contributed by atoms with van der Waals surface area (Å²) in [4.78, 5) is 19.1. The maximum Gasteiger partial charge on any atom is 0.339 e. The third kappa shape index (κ3) is 2.67. The van der Waals surface area contributed by atoms with Gasteiger partial charge in [-0.2, -0.15) is 0 Å². The van der Waals surface area contributed by atoms with Crippen LogP contribution in [0, 0.1) is 0 Å². The molecule has 0 aliphatic rings. The predicted molar refractivity (Wildman–Crippen MR) is 61.1 cm³/mol. The molecule has 0 aliphatic carbocycles. The summed E-state index contributed by atoms with van der Waals surface area (Å²) in [5, 5.41) is 10.6. The van der Waals surface area contributed by atoms with Crippen molar-refractivity contribution in [3.05, 3.63) is 45.7 Å². The average molecular weight is 270 g/mol. The van der Waals surface area contributed by atoms with Gasteiger partial charge in [0.2, 0.25) is 0 Å². The van der Waals surface area contributed by atoms with Gasteiger partial charge in [0.1, 0.15) is 17.1 Å². The molecule has 94 valence electrons. The Bertz CT molecular complexity index is 558. The molecule has 0 spiro atoms. The van der Waals surface area contributed by atoms with Crippen LogP contribution in [-0.4, -0.2) is 21.0 Å². The number of nitrogens with zero attached hydrogens (tertiary/aromatic N) is 2. The largest absolute Gasteiger partial charge is 0.478 e. The molecule has 0 fully saturated rings. The Kier molecular flexibility index (Phi) is 3.61. The number of rotatable bonds is 4. The van der Waals surface area contributed by atoms with Gasteiger partial charge in [-0.3, -0.25) is 0 Å². The van der Waals surface area contributed by atoms with Crippen LogP contribution in [0.3, 0.4) is 0 Å². The van der Waals surface area contributed by atoms with E-state index in [2.05, 4.69) is 9.97 Å². The molecule has 0 unspecified atom stereocenters. The number of aromatic nitrogens is 2.